The molecule has 3 aliphatic rings. The fraction of sp³-hybridized carbons (Fsp3) is 0.0444. The maximum absolute atomic E-state index is 6.91. The normalized spacial score (nSPS) is 16.2. The average Bonchev–Trinajstić information content (AvgIpc) is 3.45. The molecule has 1 spiro atoms. The van der Waals surface area contributed by atoms with Gasteiger partial charge in [-0.3, -0.25) is 5.43 Å². The summed E-state index contributed by atoms with van der Waals surface area (Å²) in [6, 6.07) is 56.5. The molecule has 1 unspecified atom stereocenters. The summed E-state index contributed by atoms with van der Waals surface area (Å²) in [5, 5.41) is 7.34. The quantitative estimate of drug-likeness (QED) is 0.215. The van der Waals surface area contributed by atoms with Crippen LogP contribution in [-0.2, 0) is 5.41 Å². The van der Waals surface area contributed by atoms with E-state index in [9.17, 15) is 0 Å². The van der Waals surface area contributed by atoms with E-state index in [-0.39, 0.29) is 6.04 Å². The average molecular weight is 615 g/mol. The smallest absolute Gasteiger partial charge is 0.140 e. The van der Waals surface area contributed by atoms with Crippen LogP contribution in [0.1, 0.15) is 39.4 Å². The molecule has 10 rings (SSSR count). The van der Waals surface area contributed by atoms with Crippen LogP contribution < -0.4 is 10.2 Å². The number of nitrogens with one attached hydrogen (secondary N) is 1. The summed E-state index contributed by atoms with van der Waals surface area (Å²) >= 11 is 0. The lowest BCUT2D eigenvalue weighted by Crippen LogP contribution is -2.32. The first-order chi connectivity index (χ1) is 23.8. The number of ether oxygens (including phenoxy) is 1. The molecule has 1 N–H and O–H groups in total. The van der Waals surface area contributed by atoms with Gasteiger partial charge in [0.05, 0.1) is 17.2 Å². The molecule has 2 heterocycles. The minimum atomic E-state index is -0.484. The van der Waals surface area contributed by atoms with E-state index in [1.807, 2.05) is 0 Å². The van der Waals surface area contributed by atoms with Gasteiger partial charge in [0, 0.05) is 22.3 Å². The van der Waals surface area contributed by atoms with Crippen molar-refractivity contribution >= 4 is 16.5 Å². The largest absolute Gasteiger partial charge is 0.456 e. The van der Waals surface area contributed by atoms with Gasteiger partial charge in [-0.15, -0.1) is 0 Å². The Morgan fingerprint density at radius 2 is 1.17 bits per heavy atom. The summed E-state index contributed by atoms with van der Waals surface area (Å²) in [5.74, 6) is 1.79. The van der Waals surface area contributed by atoms with E-state index in [0.717, 1.165) is 39.5 Å². The van der Waals surface area contributed by atoms with Gasteiger partial charge in [-0.25, -0.2) is 0 Å². The van der Waals surface area contributed by atoms with Crippen molar-refractivity contribution in [1.82, 2.24) is 5.43 Å². The predicted octanol–water partition coefficient (Wildman–Crippen LogP) is 10.6. The summed E-state index contributed by atoms with van der Waals surface area (Å²) in [4.78, 5) is 0. The molecule has 226 valence electrons. The highest BCUT2D eigenvalue weighted by Crippen LogP contribution is 2.63. The van der Waals surface area contributed by atoms with Gasteiger partial charge in [0.15, 0.2) is 0 Å². The number of nitrogens with zero attached hydrogens (tertiary/aromatic N) is 1. The zero-order valence-corrected chi connectivity index (χ0v) is 26.1. The van der Waals surface area contributed by atoms with E-state index in [1.54, 1.807) is 0 Å². The summed E-state index contributed by atoms with van der Waals surface area (Å²) in [6.07, 6.45) is 4.34. The number of fused-ring (bicyclic) bond motifs is 10. The van der Waals surface area contributed by atoms with Crippen LogP contribution in [-0.4, -0.2) is 5.71 Å². The van der Waals surface area contributed by atoms with Crippen molar-refractivity contribution in [3.8, 4) is 33.8 Å². The second kappa shape index (κ2) is 10.4. The minimum Gasteiger partial charge on any atom is -0.456 e. The second-order valence-corrected chi connectivity index (χ2v) is 12.7. The van der Waals surface area contributed by atoms with Crippen molar-refractivity contribution in [2.75, 3.05) is 0 Å². The molecule has 1 atom stereocenters. The lowest BCUT2D eigenvalue weighted by Gasteiger charge is -2.40. The first kappa shape index (κ1) is 27.0. The summed E-state index contributed by atoms with van der Waals surface area (Å²) in [6.45, 7) is 0. The molecular formula is C45H30N2O. The molecule has 3 heteroatoms. The molecule has 0 saturated heterocycles. The molecule has 0 radical (unpaired) electrons. The number of hydrogen-bond acceptors (Lipinski definition) is 3. The van der Waals surface area contributed by atoms with Gasteiger partial charge in [0.1, 0.15) is 11.5 Å². The predicted molar refractivity (Wildman–Crippen MR) is 195 cm³/mol. The van der Waals surface area contributed by atoms with E-state index in [4.69, 9.17) is 9.84 Å². The van der Waals surface area contributed by atoms with Crippen LogP contribution >= 0.6 is 0 Å². The molecule has 0 aromatic heterocycles. The van der Waals surface area contributed by atoms with Gasteiger partial charge in [-0.05, 0) is 62.4 Å². The fourth-order valence-electron chi connectivity index (χ4n) is 8.21. The topological polar surface area (TPSA) is 33.6 Å². The Kier molecular flexibility index (Phi) is 5.85. The third-order valence-electron chi connectivity index (χ3n) is 10.3. The Labute approximate surface area is 279 Å². The molecule has 1 aliphatic carbocycles. The van der Waals surface area contributed by atoms with Crippen molar-refractivity contribution in [3.05, 3.63) is 203 Å². The third-order valence-corrected chi connectivity index (χ3v) is 10.3. The molecule has 0 amide bonds. The van der Waals surface area contributed by atoms with Crippen LogP contribution in [0.3, 0.4) is 0 Å². The molecule has 0 bridgehead atoms. The van der Waals surface area contributed by atoms with E-state index < -0.39 is 5.41 Å². The highest BCUT2D eigenvalue weighted by molar-refractivity contribution is 6.09. The standard InChI is InChI=1S/C45H30N2O/c1-2-16-32-29(12-1)13-10-20-36(32)42-27-26-41(46-47-42)31-15-9-14-30(28-31)33-19-11-24-40-44(33)48-43-25-8-7-23-39(43)45(40)37-21-5-3-17-34(37)35-18-4-6-22-38(35)45/h1-28,42,47H. The van der Waals surface area contributed by atoms with Gasteiger partial charge in [-0.2, -0.15) is 5.10 Å². The molecule has 0 saturated carbocycles. The van der Waals surface area contributed by atoms with Crippen molar-refractivity contribution in [2.45, 2.75) is 11.5 Å². The highest BCUT2D eigenvalue weighted by atomic mass is 16.5. The number of para-hydroxylation sites is 2. The number of allylic oxidation sites excluding steroid dienone is 1. The van der Waals surface area contributed by atoms with Crippen molar-refractivity contribution in [3.63, 3.8) is 0 Å². The molecule has 7 aromatic carbocycles. The van der Waals surface area contributed by atoms with Gasteiger partial charge >= 0.3 is 0 Å². The number of rotatable bonds is 3. The maximum Gasteiger partial charge on any atom is 0.140 e. The SMILES string of the molecule is C1=CC(c2cccc3ccccc23)NN=C1c1cccc(-c2cccc3c2Oc2ccccc2C32c3ccccc3-c3ccccc32)c1. The Hall–Kier alpha value is -6.19. The van der Waals surface area contributed by atoms with Crippen LogP contribution in [0.25, 0.3) is 33.0 Å². The first-order valence-corrected chi connectivity index (χ1v) is 16.5. The zero-order valence-electron chi connectivity index (χ0n) is 26.1. The zero-order chi connectivity index (χ0) is 31.7. The minimum absolute atomic E-state index is 0.00556. The summed E-state index contributed by atoms with van der Waals surface area (Å²) in [5.41, 5.74) is 15.7. The maximum atomic E-state index is 6.91. The lowest BCUT2D eigenvalue weighted by atomic mass is 9.65. The second-order valence-electron chi connectivity index (χ2n) is 12.7. The highest BCUT2D eigenvalue weighted by Gasteiger charge is 2.51. The number of hydrazone groups is 1. The Morgan fingerprint density at radius 3 is 1.98 bits per heavy atom. The van der Waals surface area contributed by atoms with E-state index in [2.05, 4.69) is 175 Å². The Balaban J connectivity index is 1.09. The van der Waals surface area contributed by atoms with Crippen LogP contribution in [0.5, 0.6) is 11.5 Å². The van der Waals surface area contributed by atoms with Crippen LogP contribution in [0.2, 0.25) is 0 Å². The van der Waals surface area contributed by atoms with Crippen LogP contribution in [0.15, 0.2) is 175 Å². The van der Waals surface area contributed by atoms with Crippen LogP contribution in [0, 0.1) is 0 Å². The van der Waals surface area contributed by atoms with E-state index in [1.165, 1.54) is 44.2 Å². The molecular weight excluding hydrogens is 585 g/mol. The van der Waals surface area contributed by atoms with Crippen molar-refractivity contribution in [2.24, 2.45) is 5.10 Å². The molecule has 7 aromatic rings. The van der Waals surface area contributed by atoms with Gasteiger partial charge in [0.25, 0.3) is 0 Å². The van der Waals surface area contributed by atoms with E-state index in [0.29, 0.717) is 0 Å². The van der Waals surface area contributed by atoms with Gasteiger partial charge in [0.2, 0.25) is 0 Å². The van der Waals surface area contributed by atoms with Crippen molar-refractivity contribution in [1.29, 1.82) is 0 Å². The molecule has 2 aliphatic heterocycles. The Bertz CT molecular complexity index is 2440. The fourth-order valence-corrected chi connectivity index (χ4v) is 8.21. The van der Waals surface area contributed by atoms with Crippen LogP contribution in [0.4, 0.5) is 0 Å². The summed E-state index contributed by atoms with van der Waals surface area (Å²) < 4.78 is 6.91. The Morgan fingerprint density at radius 1 is 0.542 bits per heavy atom. The lowest BCUT2D eigenvalue weighted by molar-refractivity contribution is 0.438. The summed E-state index contributed by atoms with van der Waals surface area (Å²) in [7, 11) is 0. The monoisotopic (exact) mass is 614 g/mol. The van der Waals surface area contributed by atoms with E-state index >= 15 is 0 Å². The van der Waals surface area contributed by atoms with Gasteiger partial charge in [-0.1, -0.05) is 152 Å². The number of benzene rings is 7. The number of hydrogen-bond donors (Lipinski definition) is 1. The third kappa shape index (κ3) is 3.79. The van der Waals surface area contributed by atoms with Crippen molar-refractivity contribution < 1.29 is 4.74 Å². The van der Waals surface area contributed by atoms with Gasteiger partial charge < -0.3 is 4.74 Å². The molecule has 0 fully saturated rings. The molecule has 48 heavy (non-hydrogen) atoms. The molecule has 3 nitrogen and oxygen atoms in total. The first-order valence-electron chi connectivity index (χ1n) is 16.5.